The van der Waals surface area contributed by atoms with Crippen LogP contribution in [0.2, 0.25) is 0 Å². The van der Waals surface area contributed by atoms with E-state index in [4.69, 9.17) is 9.72 Å². The number of aromatic nitrogens is 4. The summed E-state index contributed by atoms with van der Waals surface area (Å²) in [6.07, 6.45) is 10.6. The Kier molecular flexibility index (Phi) is 5.58. The second-order valence-corrected chi connectivity index (χ2v) is 6.08. The number of rotatable bonds is 6. The number of ether oxygens (including phenoxy) is 1. The first-order valence-electron chi connectivity index (χ1n) is 8.43. The van der Waals surface area contributed by atoms with Crippen molar-refractivity contribution in [1.29, 1.82) is 0 Å². The highest BCUT2D eigenvalue weighted by Gasteiger charge is 2.06. The molecule has 0 saturated heterocycles. The molecule has 0 aliphatic heterocycles. The molecule has 0 aliphatic carbocycles. The Hall–Kier alpha value is -2.79. The summed E-state index contributed by atoms with van der Waals surface area (Å²) in [6.45, 7) is 3.68. The molecule has 4 aromatic rings. The Morgan fingerprint density at radius 2 is 1.92 bits per heavy atom. The van der Waals surface area contributed by atoms with Gasteiger partial charge in [0.15, 0.2) is 0 Å². The van der Waals surface area contributed by atoms with Gasteiger partial charge >= 0.3 is 0 Å². The minimum Gasteiger partial charge on any atom is -0.494 e. The normalized spacial score (nSPS) is 10.7. The van der Waals surface area contributed by atoms with Crippen molar-refractivity contribution >= 4 is 18.1 Å². The lowest BCUT2D eigenvalue weighted by atomic mass is 10.2. The van der Waals surface area contributed by atoms with Gasteiger partial charge in [0.05, 0.1) is 18.6 Å². The molecule has 0 radical (unpaired) electrons. The second kappa shape index (κ2) is 8.06. The highest BCUT2D eigenvalue weighted by Crippen LogP contribution is 2.23. The van der Waals surface area contributed by atoms with Gasteiger partial charge in [-0.1, -0.05) is 6.07 Å². The average Bonchev–Trinajstić information content (AvgIpc) is 3.29. The monoisotopic (exact) mass is 368 g/mol. The van der Waals surface area contributed by atoms with Crippen LogP contribution >= 0.6 is 12.4 Å². The summed E-state index contributed by atoms with van der Waals surface area (Å²) in [7, 11) is 0. The highest BCUT2D eigenvalue weighted by molar-refractivity contribution is 5.85. The van der Waals surface area contributed by atoms with E-state index >= 15 is 0 Å². The van der Waals surface area contributed by atoms with Crippen LogP contribution in [-0.2, 0) is 6.54 Å². The van der Waals surface area contributed by atoms with Crippen LogP contribution in [-0.4, -0.2) is 25.5 Å². The predicted molar refractivity (Wildman–Crippen MR) is 105 cm³/mol. The van der Waals surface area contributed by atoms with Crippen LogP contribution in [0.5, 0.6) is 5.75 Å². The average molecular weight is 369 g/mol. The van der Waals surface area contributed by atoms with Crippen molar-refractivity contribution in [3.63, 3.8) is 0 Å². The zero-order valence-corrected chi connectivity index (χ0v) is 15.4. The smallest absolute Gasteiger partial charge is 0.140 e. The zero-order valence-electron chi connectivity index (χ0n) is 14.6. The fourth-order valence-corrected chi connectivity index (χ4v) is 2.87. The molecule has 0 N–H and O–H groups in total. The fraction of sp³-hybridized carbons (Fsp3) is 0.200. The van der Waals surface area contributed by atoms with Gasteiger partial charge in [-0.25, -0.2) is 9.97 Å². The van der Waals surface area contributed by atoms with Gasteiger partial charge in [0.1, 0.15) is 11.4 Å². The first-order chi connectivity index (χ1) is 12.3. The van der Waals surface area contributed by atoms with Crippen LogP contribution in [0.25, 0.3) is 16.9 Å². The predicted octanol–water partition coefficient (Wildman–Crippen LogP) is 4.40. The first-order valence-corrected chi connectivity index (χ1v) is 8.43. The summed E-state index contributed by atoms with van der Waals surface area (Å²) in [5, 5.41) is 0. The quantitative estimate of drug-likeness (QED) is 0.474. The molecule has 0 aliphatic rings. The molecular weight excluding hydrogens is 348 g/mol. The van der Waals surface area contributed by atoms with E-state index in [0.717, 1.165) is 35.6 Å². The van der Waals surface area contributed by atoms with E-state index in [9.17, 15) is 0 Å². The number of hydrogen-bond acceptors (Lipinski definition) is 3. The topological polar surface area (TPSA) is 44.4 Å². The lowest BCUT2D eigenvalue weighted by molar-refractivity contribution is 0.302. The van der Waals surface area contributed by atoms with E-state index in [-0.39, 0.29) is 12.4 Å². The summed E-state index contributed by atoms with van der Waals surface area (Å²) in [5.74, 6) is 0.884. The van der Waals surface area contributed by atoms with Crippen LogP contribution in [0.15, 0.2) is 67.5 Å². The zero-order chi connectivity index (χ0) is 17.1. The maximum absolute atomic E-state index is 5.81. The lowest BCUT2D eigenvalue weighted by Gasteiger charge is -2.07. The van der Waals surface area contributed by atoms with E-state index < -0.39 is 0 Å². The molecule has 0 unspecified atom stereocenters. The SMILES string of the molecule is Cc1cccn2cc(-c3ccc(OCCCn4ccnc4)cc3)nc12.Cl. The molecule has 3 heterocycles. The molecule has 3 aromatic heterocycles. The van der Waals surface area contributed by atoms with Crippen molar-refractivity contribution in [2.24, 2.45) is 0 Å². The summed E-state index contributed by atoms with van der Waals surface area (Å²) < 4.78 is 9.93. The molecule has 1 aromatic carbocycles. The number of nitrogens with zero attached hydrogens (tertiary/aromatic N) is 4. The third-order valence-corrected chi connectivity index (χ3v) is 4.22. The number of fused-ring (bicyclic) bond motifs is 1. The molecule has 0 saturated carbocycles. The Morgan fingerprint density at radius 3 is 2.65 bits per heavy atom. The lowest BCUT2D eigenvalue weighted by Crippen LogP contribution is -2.02. The van der Waals surface area contributed by atoms with Crippen molar-refractivity contribution in [3.05, 3.63) is 73.1 Å². The van der Waals surface area contributed by atoms with Gasteiger partial charge < -0.3 is 13.7 Å². The summed E-state index contributed by atoms with van der Waals surface area (Å²) in [4.78, 5) is 8.76. The van der Waals surface area contributed by atoms with Crippen molar-refractivity contribution in [2.45, 2.75) is 19.9 Å². The van der Waals surface area contributed by atoms with E-state index in [0.29, 0.717) is 6.61 Å². The molecule has 0 bridgehead atoms. The summed E-state index contributed by atoms with van der Waals surface area (Å²) in [6, 6.07) is 12.2. The number of aryl methyl sites for hydroxylation is 2. The summed E-state index contributed by atoms with van der Waals surface area (Å²) in [5.41, 5.74) is 4.23. The maximum atomic E-state index is 5.81. The third kappa shape index (κ3) is 3.89. The standard InChI is InChI=1S/C20H20N4O.ClH/c1-16-4-2-11-24-14-19(22-20(16)24)17-5-7-18(8-6-17)25-13-3-10-23-12-9-21-15-23;/h2,4-9,11-12,14-15H,3,10,13H2,1H3;1H. The molecular formula is C20H21ClN4O. The van der Waals surface area contributed by atoms with Crippen molar-refractivity contribution in [1.82, 2.24) is 18.9 Å². The number of halogens is 1. The van der Waals surface area contributed by atoms with Gasteiger partial charge in [0.2, 0.25) is 0 Å². The Bertz CT molecular complexity index is 961. The molecule has 0 spiro atoms. The van der Waals surface area contributed by atoms with Crippen LogP contribution in [0.1, 0.15) is 12.0 Å². The van der Waals surface area contributed by atoms with Crippen LogP contribution < -0.4 is 4.74 Å². The molecule has 0 fully saturated rings. The molecule has 4 rings (SSSR count). The second-order valence-electron chi connectivity index (χ2n) is 6.08. The van der Waals surface area contributed by atoms with Crippen molar-refractivity contribution < 1.29 is 4.74 Å². The molecule has 0 amide bonds. The van der Waals surface area contributed by atoms with E-state index in [2.05, 4.69) is 45.3 Å². The third-order valence-electron chi connectivity index (χ3n) is 4.22. The Balaban J connectivity index is 0.00000196. The van der Waals surface area contributed by atoms with Gasteiger partial charge in [-0.15, -0.1) is 12.4 Å². The van der Waals surface area contributed by atoms with Crippen molar-refractivity contribution in [3.8, 4) is 17.0 Å². The number of imidazole rings is 2. The van der Waals surface area contributed by atoms with Gasteiger partial charge in [-0.3, -0.25) is 0 Å². The summed E-state index contributed by atoms with van der Waals surface area (Å²) >= 11 is 0. The molecule has 134 valence electrons. The van der Waals surface area contributed by atoms with Crippen LogP contribution in [0.4, 0.5) is 0 Å². The number of hydrogen-bond donors (Lipinski definition) is 0. The van der Waals surface area contributed by atoms with Crippen LogP contribution in [0.3, 0.4) is 0 Å². The van der Waals surface area contributed by atoms with E-state index in [1.165, 1.54) is 5.56 Å². The molecule has 0 atom stereocenters. The Labute approximate surface area is 158 Å². The molecule has 26 heavy (non-hydrogen) atoms. The van der Waals surface area contributed by atoms with Gasteiger partial charge in [0.25, 0.3) is 0 Å². The van der Waals surface area contributed by atoms with E-state index in [1.54, 1.807) is 6.20 Å². The van der Waals surface area contributed by atoms with E-state index in [1.807, 2.05) is 36.9 Å². The first kappa shape index (κ1) is 18.0. The largest absolute Gasteiger partial charge is 0.494 e. The maximum Gasteiger partial charge on any atom is 0.140 e. The molecule has 6 heteroatoms. The Morgan fingerprint density at radius 1 is 1.08 bits per heavy atom. The number of pyridine rings is 1. The molecule has 5 nitrogen and oxygen atoms in total. The van der Waals surface area contributed by atoms with Crippen molar-refractivity contribution in [2.75, 3.05) is 6.61 Å². The highest BCUT2D eigenvalue weighted by atomic mass is 35.5. The minimum absolute atomic E-state index is 0. The van der Waals surface area contributed by atoms with Crippen LogP contribution in [0, 0.1) is 6.92 Å². The van der Waals surface area contributed by atoms with Gasteiger partial charge in [0, 0.05) is 36.9 Å². The number of benzene rings is 1. The fourth-order valence-electron chi connectivity index (χ4n) is 2.87. The van der Waals surface area contributed by atoms with Gasteiger partial charge in [-0.05, 0) is 49.2 Å². The minimum atomic E-state index is 0. The van der Waals surface area contributed by atoms with Gasteiger partial charge in [-0.2, -0.15) is 0 Å².